The van der Waals surface area contributed by atoms with Crippen LogP contribution in [0.2, 0.25) is 0 Å². The molecule has 0 aliphatic carbocycles. The van der Waals surface area contributed by atoms with Crippen LogP contribution in [0.1, 0.15) is 57.6 Å². The molecule has 4 aliphatic rings. The number of benzene rings is 1. The fourth-order valence-corrected chi connectivity index (χ4v) is 9.32. The molecule has 3 aromatic heterocycles. The second kappa shape index (κ2) is 11.1. The van der Waals surface area contributed by atoms with Gasteiger partial charge in [0.2, 0.25) is 0 Å². The summed E-state index contributed by atoms with van der Waals surface area (Å²) in [5.74, 6) is -1.12. The van der Waals surface area contributed by atoms with Gasteiger partial charge in [-0.05, 0) is 58.2 Å². The number of nitrogen functional groups attached to an aromatic ring is 1. The SMILES string of the molecule is CC(C)n1c(-c2ccc(F)c3sc(N)c(C#N)c23)c(F)c2nc(OC[C@@]34CCCN3C[C@H](F)C4)nc(N3CC4CCC(C3)N4)c2c1=O. The lowest BCUT2D eigenvalue weighted by Gasteiger charge is -2.34. The Hall–Kier alpha value is -3.93. The van der Waals surface area contributed by atoms with E-state index in [9.17, 15) is 14.4 Å². The molecule has 8 rings (SSSR count). The van der Waals surface area contributed by atoms with Crippen molar-refractivity contribution in [1.82, 2.24) is 24.8 Å². The highest BCUT2D eigenvalue weighted by Crippen LogP contribution is 2.44. The van der Waals surface area contributed by atoms with Crippen LogP contribution in [-0.4, -0.2) is 76.0 Å². The number of hydrogen-bond acceptors (Lipinski definition) is 10. The number of pyridine rings is 1. The van der Waals surface area contributed by atoms with Gasteiger partial charge in [-0.2, -0.15) is 15.2 Å². The first-order valence-electron chi connectivity index (χ1n) is 16.2. The number of halogens is 3. The number of rotatable bonds is 6. The van der Waals surface area contributed by atoms with Gasteiger partial charge in [-0.3, -0.25) is 9.69 Å². The lowest BCUT2D eigenvalue weighted by Crippen LogP contribution is -2.51. The monoisotopic (exact) mass is 664 g/mol. The zero-order valence-corrected chi connectivity index (χ0v) is 27.0. The molecule has 4 aromatic rings. The minimum Gasteiger partial charge on any atom is -0.461 e. The number of fused-ring (bicyclic) bond motifs is 5. The molecular weight excluding hydrogens is 629 g/mol. The number of hydrogen-bond donors (Lipinski definition) is 2. The summed E-state index contributed by atoms with van der Waals surface area (Å²) in [4.78, 5) is 28.0. The summed E-state index contributed by atoms with van der Waals surface area (Å²) in [5.41, 5.74) is 4.97. The van der Waals surface area contributed by atoms with Gasteiger partial charge in [0.05, 0.1) is 21.5 Å². The van der Waals surface area contributed by atoms with Crippen molar-refractivity contribution in [3.63, 3.8) is 0 Å². The molecule has 47 heavy (non-hydrogen) atoms. The minimum absolute atomic E-state index is 0.0218. The Balaban J connectivity index is 1.36. The normalized spacial score (nSPS) is 25.7. The summed E-state index contributed by atoms with van der Waals surface area (Å²) in [5, 5.41) is 13.8. The Morgan fingerprint density at radius 1 is 1.19 bits per heavy atom. The van der Waals surface area contributed by atoms with Crippen molar-refractivity contribution in [3.05, 3.63) is 39.7 Å². The number of nitrogens with zero attached hydrogens (tertiary/aromatic N) is 6. The van der Waals surface area contributed by atoms with Gasteiger partial charge in [-0.15, -0.1) is 11.3 Å². The molecule has 4 aliphatic heterocycles. The van der Waals surface area contributed by atoms with Gasteiger partial charge >= 0.3 is 6.01 Å². The lowest BCUT2D eigenvalue weighted by atomic mass is 9.95. The predicted molar refractivity (Wildman–Crippen MR) is 175 cm³/mol. The van der Waals surface area contributed by atoms with Crippen molar-refractivity contribution in [3.8, 4) is 23.3 Å². The summed E-state index contributed by atoms with van der Waals surface area (Å²) in [6.45, 7) is 5.96. The van der Waals surface area contributed by atoms with E-state index in [2.05, 4.69) is 15.2 Å². The van der Waals surface area contributed by atoms with E-state index >= 15 is 8.78 Å². The first kappa shape index (κ1) is 30.4. The third-order valence-electron chi connectivity index (χ3n) is 10.4. The van der Waals surface area contributed by atoms with Gasteiger partial charge in [-0.25, -0.2) is 13.2 Å². The van der Waals surface area contributed by atoms with Crippen LogP contribution >= 0.6 is 11.3 Å². The molecule has 0 amide bonds. The highest BCUT2D eigenvalue weighted by Gasteiger charge is 2.49. The standard InChI is InChI=1S/C33H35F3N8O2S/c1-16(2)44-27(20-6-7-22(35)28-23(20)21(11-37)29(38)47-28)25(36)26-24(31(44)45)30(42-13-18-4-5-19(14-42)39-18)41-32(40-26)46-15-33-8-3-9-43(33)12-17(34)10-33/h6-7,16-19,39H,3-5,8-10,12-15,38H2,1-2H3/t17-,18?,19?,33+/m1/s1. The molecule has 4 atom stereocenters. The van der Waals surface area contributed by atoms with Crippen molar-refractivity contribution in [2.45, 2.75) is 75.8 Å². The average Bonchev–Trinajstić information content (AvgIpc) is 3.77. The van der Waals surface area contributed by atoms with E-state index in [1.807, 2.05) is 11.0 Å². The maximum absolute atomic E-state index is 17.3. The first-order valence-corrected chi connectivity index (χ1v) is 17.0. The highest BCUT2D eigenvalue weighted by atomic mass is 32.1. The fraction of sp³-hybridized carbons (Fsp3) is 0.515. The molecule has 10 nitrogen and oxygen atoms in total. The van der Waals surface area contributed by atoms with Crippen LogP contribution < -0.4 is 26.2 Å². The van der Waals surface area contributed by atoms with Crippen LogP contribution in [-0.2, 0) is 0 Å². The van der Waals surface area contributed by atoms with Crippen LogP contribution in [0.4, 0.5) is 24.0 Å². The highest BCUT2D eigenvalue weighted by molar-refractivity contribution is 7.23. The van der Waals surface area contributed by atoms with Gasteiger partial charge in [0.25, 0.3) is 5.56 Å². The molecule has 0 radical (unpaired) electrons. The number of alkyl halides is 1. The number of ether oxygens (including phenoxy) is 1. The summed E-state index contributed by atoms with van der Waals surface area (Å²) in [6, 6.07) is 4.39. The molecule has 2 bridgehead atoms. The quantitative estimate of drug-likeness (QED) is 0.297. The van der Waals surface area contributed by atoms with Crippen LogP contribution in [0.15, 0.2) is 16.9 Å². The summed E-state index contributed by atoms with van der Waals surface area (Å²) >= 11 is 0.904. The van der Waals surface area contributed by atoms with E-state index in [-0.39, 0.29) is 67.5 Å². The third kappa shape index (κ3) is 4.69. The molecule has 7 heterocycles. The number of piperazine rings is 1. The maximum Gasteiger partial charge on any atom is 0.319 e. The molecule has 3 N–H and O–H groups in total. The Bertz CT molecular complexity index is 2030. The second-order valence-electron chi connectivity index (χ2n) is 13.6. The van der Waals surface area contributed by atoms with Crippen molar-refractivity contribution in [1.29, 1.82) is 5.26 Å². The Morgan fingerprint density at radius 3 is 2.68 bits per heavy atom. The number of nitrogens with two attached hydrogens (primary N) is 1. The third-order valence-corrected chi connectivity index (χ3v) is 11.4. The average molecular weight is 665 g/mol. The molecule has 4 saturated heterocycles. The molecule has 4 fully saturated rings. The van der Waals surface area contributed by atoms with E-state index in [4.69, 9.17) is 15.5 Å². The van der Waals surface area contributed by atoms with Crippen molar-refractivity contribution in [2.75, 3.05) is 43.4 Å². The fourth-order valence-electron chi connectivity index (χ4n) is 8.37. The van der Waals surface area contributed by atoms with E-state index in [1.165, 1.54) is 16.7 Å². The second-order valence-corrected chi connectivity index (χ2v) is 14.7. The van der Waals surface area contributed by atoms with Crippen molar-refractivity contribution >= 4 is 43.1 Å². The van der Waals surface area contributed by atoms with E-state index in [0.29, 0.717) is 31.9 Å². The summed E-state index contributed by atoms with van der Waals surface area (Å²) in [6.07, 6.45) is 3.07. The zero-order valence-electron chi connectivity index (χ0n) is 26.2. The number of thiophene rings is 1. The Morgan fingerprint density at radius 2 is 1.96 bits per heavy atom. The van der Waals surface area contributed by atoms with Crippen molar-refractivity contribution < 1.29 is 17.9 Å². The number of aromatic nitrogens is 3. The minimum atomic E-state index is -0.949. The number of nitriles is 1. The predicted octanol–water partition coefficient (Wildman–Crippen LogP) is 4.88. The van der Waals surface area contributed by atoms with Crippen LogP contribution in [0.3, 0.4) is 0 Å². The zero-order chi connectivity index (χ0) is 32.8. The van der Waals surface area contributed by atoms with E-state index in [0.717, 1.165) is 43.6 Å². The number of nitrogens with one attached hydrogen (secondary N) is 1. The summed E-state index contributed by atoms with van der Waals surface area (Å²) in [7, 11) is 0. The Kier molecular flexibility index (Phi) is 7.16. The molecular formula is C33H35F3N8O2S. The van der Waals surface area contributed by atoms with Crippen LogP contribution in [0.25, 0.3) is 32.2 Å². The smallest absolute Gasteiger partial charge is 0.319 e. The van der Waals surface area contributed by atoms with E-state index in [1.54, 1.807) is 13.8 Å². The molecule has 1 aromatic carbocycles. The maximum atomic E-state index is 17.3. The molecule has 0 spiro atoms. The largest absolute Gasteiger partial charge is 0.461 e. The summed E-state index contributed by atoms with van der Waals surface area (Å²) < 4.78 is 54.6. The van der Waals surface area contributed by atoms with Gasteiger partial charge < -0.3 is 25.3 Å². The molecule has 2 unspecified atom stereocenters. The molecule has 246 valence electrons. The van der Waals surface area contributed by atoms with E-state index < -0.39 is 34.9 Å². The topological polar surface area (TPSA) is 125 Å². The molecule has 14 heteroatoms. The van der Waals surface area contributed by atoms with Crippen LogP contribution in [0.5, 0.6) is 6.01 Å². The van der Waals surface area contributed by atoms with Gasteiger partial charge in [0.15, 0.2) is 5.82 Å². The lowest BCUT2D eigenvalue weighted by molar-refractivity contribution is 0.107. The van der Waals surface area contributed by atoms with Crippen LogP contribution in [0, 0.1) is 23.0 Å². The van der Waals surface area contributed by atoms with Gasteiger partial charge in [-0.1, -0.05) is 0 Å². The van der Waals surface area contributed by atoms with Crippen molar-refractivity contribution in [2.24, 2.45) is 0 Å². The van der Waals surface area contributed by atoms with Gasteiger partial charge in [0, 0.05) is 55.1 Å². The Labute approximate surface area is 272 Å². The first-order chi connectivity index (χ1) is 22.6. The number of anilines is 2. The molecule has 0 saturated carbocycles. The van der Waals surface area contributed by atoms with Gasteiger partial charge in [0.1, 0.15) is 46.4 Å².